The van der Waals surface area contributed by atoms with Gasteiger partial charge in [0.2, 0.25) is 11.8 Å². The summed E-state index contributed by atoms with van der Waals surface area (Å²) in [6.07, 6.45) is 3.63. The molecule has 0 aliphatic carbocycles. The number of aliphatic carboxylic acids is 1. The molecule has 2 saturated heterocycles. The lowest BCUT2D eigenvalue weighted by atomic mass is 9.76. The highest BCUT2D eigenvalue weighted by Crippen LogP contribution is 2.50. The number of amides is 2. The third kappa shape index (κ3) is 3.37. The van der Waals surface area contributed by atoms with Crippen LogP contribution in [-0.4, -0.2) is 39.9 Å². The van der Waals surface area contributed by atoms with Gasteiger partial charge in [-0.25, -0.2) is 0 Å². The highest BCUT2D eigenvalue weighted by atomic mass is 16.4. The van der Waals surface area contributed by atoms with Gasteiger partial charge in [0, 0.05) is 19.0 Å². The van der Waals surface area contributed by atoms with Crippen molar-refractivity contribution in [2.75, 3.05) is 6.54 Å². The van der Waals surface area contributed by atoms with Crippen LogP contribution in [0.4, 0.5) is 0 Å². The highest BCUT2D eigenvalue weighted by molar-refractivity contribution is 6.09. The Morgan fingerprint density at radius 2 is 1.77 bits per heavy atom. The maximum Gasteiger partial charge on any atom is 0.325 e. The summed E-state index contributed by atoms with van der Waals surface area (Å²) in [6.45, 7) is 3.91. The minimum Gasteiger partial charge on any atom is -0.480 e. The fourth-order valence-corrected chi connectivity index (χ4v) is 5.01. The van der Waals surface area contributed by atoms with Crippen molar-refractivity contribution in [3.63, 3.8) is 0 Å². The summed E-state index contributed by atoms with van der Waals surface area (Å²) in [5.74, 6) is -3.59. The Morgan fingerprint density at radius 3 is 2.42 bits per heavy atom. The first-order chi connectivity index (χ1) is 14.9. The Morgan fingerprint density at radius 1 is 1.10 bits per heavy atom. The van der Waals surface area contributed by atoms with Crippen molar-refractivity contribution in [3.05, 3.63) is 83.4 Å². The predicted molar refractivity (Wildman–Crippen MR) is 116 cm³/mol. The first-order valence-electron chi connectivity index (χ1n) is 10.5. The second-order valence-electron chi connectivity index (χ2n) is 8.28. The van der Waals surface area contributed by atoms with Gasteiger partial charge in [-0.1, -0.05) is 66.7 Å². The monoisotopic (exact) mass is 418 g/mol. The number of allylic oxidation sites excluding steroid dienone is 1. The first-order valence-corrected chi connectivity index (χ1v) is 10.5. The van der Waals surface area contributed by atoms with Gasteiger partial charge in [0.05, 0.1) is 11.8 Å². The van der Waals surface area contributed by atoms with Crippen LogP contribution >= 0.6 is 0 Å². The molecule has 0 saturated carbocycles. The van der Waals surface area contributed by atoms with Crippen molar-refractivity contribution in [3.8, 4) is 0 Å². The van der Waals surface area contributed by atoms with Crippen molar-refractivity contribution < 1.29 is 19.5 Å². The quantitative estimate of drug-likeness (QED) is 0.557. The third-order valence-electron chi connectivity index (χ3n) is 6.50. The fourth-order valence-electron chi connectivity index (χ4n) is 5.01. The molecule has 0 radical (unpaired) electrons. The van der Waals surface area contributed by atoms with E-state index in [2.05, 4.69) is 5.32 Å². The van der Waals surface area contributed by atoms with Gasteiger partial charge in [-0.3, -0.25) is 24.6 Å². The Kier molecular flexibility index (Phi) is 5.50. The van der Waals surface area contributed by atoms with Crippen LogP contribution in [0.2, 0.25) is 0 Å². The number of carboxylic acid groups (broad SMARTS) is 1. The van der Waals surface area contributed by atoms with Gasteiger partial charge in [0.15, 0.2) is 0 Å². The summed E-state index contributed by atoms with van der Waals surface area (Å²) < 4.78 is 0. The molecule has 2 aliphatic rings. The number of carbonyl (C=O) groups excluding carboxylic acids is 2. The average molecular weight is 418 g/mol. The highest BCUT2D eigenvalue weighted by Gasteiger charge is 2.68. The van der Waals surface area contributed by atoms with E-state index in [4.69, 9.17) is 0 Å². The fraction of sp³-hybridized carbons (Fsp3) is 0.320. The van der Waals surface area contributed by atoms with Gasteiger partial charge in [-0.15, -0.1) is 0 Å². The number of likely N-dealkylation sites (tertiary alicyclic amines) is 1. The molecule has 4 atom stereocenters. The Balaban J connectivity index is 1.86. The zero-order valence-electron chi connectivity index (χ0n) is 17.6. The van der Waals surface area contributed by atoms with E-state index in [-0.39, 0.29) is 18.9 Å². The Hall–Kier alpha value is -3.25. The number of rotatable bonds is 6. The second-order valence-corrected chi connectivity index (χ2v) is 8.28. The molecule has 0 spiro atoms. The lowest BCUT2D eigenvalue weighted by Gasteiger charge is -2.31. The molecule has 6 nitrogen and oxygen atoms in total. The summed E-state index contributed by atoms with van der Waals surface area (Å²) in [6, 6.07) is 16.3. The van der Waals surface area contributed by atoms with E-state index in [1.54, 1.807) is 12.2 Å². The number of benzene rings is 2. The number of fused-ring (bicyclic) bond motifs is 1. The number of hydrogen-bond acceptors (Lipinski definition) is 4. The molecule has 4 rings (SSSR count). The van der Waals surface area contributed by atoms with Crippen LogP contribution in [0.25, 0.3) is 0 Å². The maximum atomic E-state index is 13.4. The first kappa shape index (κ1) is 21.0. The lowest BCUT2D eigenvalue weighted by molar-refractivity contribution is -0.151. The summed E-state index contributed by atoms with van der Waals surface area (Å²) in [5.41, 5.74) is 1.03. The van der Waals surface area contributed by atoms with Gasteiger partial charge in [-0.05, 0) is 30.5 Å². The molecule has 2 aromatic rings. The number of carbonyl (C=O) groups is 3. The normalized spacial score (nSPS) is 27.8. The van der Waals surface area contributed by atoms with Crippen LogP contribution in [0.15, 0.2) is 66.7 Å². The maximum absolute atomic E-state index is 13.4. The summed E-state index contributed by atoms with van der Waals surface area (Å²) in [7, 11) is 0. The minimum absolute atomic E-state index is 0.114. The summed E-state index contributed by atoms with van der Waals surface area (Å²) in [5, 5.41) is 13.7. The molecule has 2 aromatic carbocycles. The van der Waals surface area contributed by atoms with Crippen LogP contribution in [0, 0.1) is 18.8 Å². The number of imide groups is 1. The zero-order valence-corrected chi connectivity index (χ0v) is 17.6. The SMILES string of the molecule is C/C=C/CN1C(=O)C2C(c3ccccc3C)NC(Cc3ccccc3)(C(=O)O)C2C1=O. The molecule has 2 aliphatic heterocycles. The molecule has 2 N–H and O–H groups in total. The summed E-state index contributed by atoms with van der Waals surface area (Å²) in [4.78, 5) is 40.8. The van der Waals surface area contributed by atoms with E-state index in [1.807, 2.05) is 68.4 Å². The van der Waals surface area contributed by atoms with Crippen molar-refractivity contribution >= 4 is 17.8 Å². The number of carboxylic acids is 1. The van der Waals surface area contributed by atoms with Crippen molar-refractivity contribution in [1.82, 2.24) is 10.2 Å². The Bertz CT molecular complexity index is 1050. The van der Waals surface area contributed by atoms with Crippen LogP contribution in [-0.2, 0) is 20.8 Å². The van der Waals surface area contributed by atoms with Crippen LogP contribution in [0.5, 0.6) is 0 Å². The Labute approximate surface area is 181 Å². The smallest absolute Gasteiger partial charge is 0.325 e. The molecule has 0 bridgehead atoms. The molecule has 4 unspecified atom stereocenters. The molecule has 6 heteroatoms. The van der Waals surface area contributed by atoms with E-state index >= 15 is 0 Å². The van der Waals surface area contributed by atoms with E-state index < -0.39 is 35.3 Å². The van der Waals surface area contributed by atoms with Gasteiger partial charge >= 0.3 is 5.97 Å². The molecule has 2 amide bonds. The van der Waals surface area contributed by atoms with Crippen molar-refractivity contribution in [1.29, 1.82) is 0 Å². The van der Waals surface area contributed by atoms with Gasteiger partial charge in [0.25, 0.3) is 0 Å². The average Bonchev–Trinajstić information content (AvgIpc) is 3.22. The van der Waals surface area contributed by atoms with Crippen LogP contribution in [0.1, 0.15) is 29.7 Å². The summed E-state index contributed by atoms with van der Waals surface area (Å²) >= 11 is 0. The number of hydrogen-bond donors (Lipinski definition) is 2. The topological polar surface area (TPSA) is 86.7 Å². The number of aryl methyl sites for hydroxylation is 1. The van der Waals surface area contributed by atoms with E-state index in [0.29, 0.717) is 0 Å². The van der Waals surface area contributed by atoms with Gasteiger partial charge < -0.3 is 5.11 Å². The molecule has 0 aromatic heterocycles. The standard InChI is InChI=1S/C25H26N2O4/c1-3-4-14-27-22(28)19-20(23(27)29)25(24(30)31,15-17-11-6-5-7-12-17)26-21(19)18-13-9-8-10-16(18)2/h3-13,19-21,26H,14-15H2,1-2H3,(H,30,31)/b4-3+. The van der Waals surface area contributed by atoms with E-state index in [1.165, 1.54) is 4.90 Å². The minimum atomic E-state index is -1.57. The zero-order chi connectivity index (χ0) is 22.2. The number of nitrogens with one attached hydrogen (secondary N) is 1. The molecular formula is C25H26N2O4. The van der Waals surface area contributed by atoms with Gasteiger partial charge in [-0.2, -0.15) is 0 Å². The van der Waals surface area contributed by atoms with Crippen molar-refractivity contribution in [2.24, 2.45) is 11.8 Å². The second kappa shape index (κ2) is 8.12. The molecule has 160 valence electrons. The van der Waals surface area contributed by atoms with Crippen LogP contribution < -0.4 is 5.32 Å². The largest absolute Gasteiger partial charge is 0.480 e. The van der Waals surface area contributed by atoms with E-state index in [9.17, 15) is 19.5 Å². The third-order valence-corrected chi connectivity index (χ3v) is 6.50. The van der Waals surface area contributed by atoms with Gasteiger partial charge in [0.1, 0.15) is 5.54 Å². The van der Waals surface area contributed by atoms with Crippen molar-refractivity contribution in [2.45, 2.75) is 31.8 Å². The number of nitrogens with zero attached hydrogens (tertiary/aromatic N) is 1. The van der Waals surface area contributed by atoms with Crippen LogP contribution in [0.3, 0.4) is 0 Å². The lowest BCUT2D eigenvalue weighted by Crippen LogP contribution is -2.57. The predicted octanol–water partition coefficient (Wildman–Crippen LogP) is 2.88. The van der Waals surface area contributed by atoms with E-state index in [0.717, 1.165) is 16.7 Å². The molecule has 2 heterocycles. The molecule has 2 fully saturated rings. The molecular weight excluding hydrogens is 392 g/mol. The molecule has 31 heavy (non-hydrogen) atoms.